The molecule has 0 radical (unpaired) electrons. The van der Waals surface area contributed by atoms with Gasteiger partial charge in [0.2, 0.25) is 0 Å². The van der Waals surface area contributed by atoms with Crippen LogP contribution in [0.5, 0.6) is 0 Å². The molecule has 7 heteroatoms. The van der Waals surface area contributed by atoms with E-state index in [1.807, 2.05) is 37.3 Å². The highest BCUT2D eigenvalue weighted by Crippen LogP contribution is 2.28. The molecule has 0 aliphatic heterocycles. The van der Waals surface area contributed by atoms with Gasteiger partial charge in [0.05, 0.1) is 17.7 Å². The molecule has 1 N–H and O–H groups in total. The lowest BCUT2D eigenvalue weighted by atomic mass is 10.0. The molecular weight excluding hydrogens is 370 g/mol. The van der Waals surface area contributed by atoms with Crippen LogP contribution in [0.4, 0.5) is 5.69 Å². The van der Waals surface area contributed by atoms with Gasteiger partial charge in [-0.1, -0.05) is 36.4 Å². The zero-order valence-electron chi connectivity index (χ0n) is 14.2. The fraction of sp³-hybridized carbons (Fsp3) is 0.105. The third-order valence-electron chi connectivity index (χ3n) is 3.88. The summed E-state index contributed by atoms with van der Waals surface area (Å²) in [4.78, 5) is 12.1. The Bertz CT molecular complexity index is 1050. The van der Waals surface area contributed by atoms with Crippen LogP contribution >= 0.6 is 11.3 Å². The fourth-order valence-corrected chi connectivity index (χ4v) is 4.52. The van der Waals surface area contributed by atoms with Gasteiger partial charge >= 0.3 is 5.97 Å². The van der Waals surface area contributed by atoms with Crippen molar-refractivity contribution in [1.29, 1.82) is 0 Å². The second-order valence-corrected chi connectivity index (χ2v) is 8.20. The van der Waals surface area contributed by atoms with E-state index in [1.165, 1.54) is 13.2 Å². The number of hydrogen-bond acceptors (Lipinski definition) is 5. The van der Waals surface area contributed by atoms with Crippen LogP contribution in [0.2, 0.25) is 0 Å². The Morgan fingerprint density at radius 2 is 1.85 bits per heavy atom. The van der Waals surface area contributed by atoms with E-state index in [9.17, 15) is 13.2 Å². The largest absolute Gasteiger partial charge is 0.465 e. The van der Waals surface area contributed by atoms with Crippen LogP contribution in [0.3, 0.4) is 0 Å². The van der Waals surface area contributed by atoms with Crippen LogP contribution < -0.4 is 4.72 Å². The number of hydrogen-bond donors (Lipinski definition) is 1. The first kappa shape index (κ1) is 18.2. The topological polar surface area (TPSA) is 72.5 Å². The highest BCUT2D eigenvalue weighted by atomic mass is 32.2. The van der Waals surface area contributed by atoms with E-state index >= 15 is 0 Å². The predicted molar refractivity (Wildman–Crippen MR) is 103 cm³/mol. The van der Waals surface area contributed by atoms with E-state index in [0.29, 0.717) is 0 Å². The maximum Gasteiger partial charge on any atom is 0.350 e. The quantitative estimate of drug-likeness (QED) is 0.662. The summed E-state index contributed by atoms with van der Waals surface area (Å²) in [7, 11) is -2.59. The molecule has 134 valence electrons. The monoisotopic (exact) mass is 387 g/mol. The molecule has 0 bridgehead atoms. The minimum atomic E-state index is -3.84. The molecule has 26 heavy (non-hydrogen) atoms. The highest BCUT2D eigenvalue weighted by molar-refractivity contribution is 7.92. The minimum Gasteiger partial charge on any atom is -0.465 e. The van der Waals surface area contributed by atoms with Crippen molar-refractivity contribution in [3.63, 3.8) is 0 Å². The number of methoxy groups -OCH3 is 1. The van der Waals surface area contributed by atoms with E-state index in [0.717, 1.165) is 28.0 Å². The van der Waals surface area contributed by atoms with Crippen LogP contribution in [0.25, 0.3) is 11.1 Å². The van der Waals surface area contributed by atoms with E-state index < -0.39 is 16.0 Å². The Morgan fingerprint density at radius 1 is 1.08 bits per heavy atom. The number of esters is 1. The lowest BCUT2D eigenvalue weighted by molar-refractivity contribution is 0.0607. The molecular formula is C19H17NO4S2. The average molecular weight is 387 g/mol. The number of sulfonamides is 1. The number of benzene rings is 2. The molecule has 5 nitrogen and oxygen atoms in total. The van der Waals surface area contributed by atoms with Gasteiger partial charge in [-0.05, 0) is 47.2 Å². The number of thiophene rings is 1. The normalized spacial score (nSPS) is 11.2. The van der Waals surface area contributed by atoms with Gasteiger partial charge in [0.1, 0.15) is 4.88 Å². The zero-order chi connectivity index (χ0) is 18.7. The Morgan fingerprint density at radius 3 is 2.58 bits per heavy atom. The van der Waals surface area contributed by atoms with E-state index in [2.05, 4.69) is 9.46 Å². The lowest BCUT2D eigenvalue weighted by Gasteiger charge is -2.11. The number of carbonyl (C=O) groups excluding carboxylic acids is 1. The van der Waals surface area contributed by atoms with Gasteiger partial charge < -0.3 is 4.74 Å². The van der Waals surface area contributed by atoms with Gasteiger partial charge in [-0.3, -0.25) is 4.72 Å². The van der Waals surface area contributed by atoms with Gasteiger partial charge in [0, 0.05) is 0 Å². The summed E-state index contributed by atoms with van der Waals surface area (Å²) in [6.45, 7) is 1.97. The van der Waals surface area contributed by atoms with Gasteiger partial charge in [0.25, 0.3) is 10.0 Å². The maximum atomic E-state index is 12.8. The molecule has 0 aliphatic rings. The molecule has 0 fully saturated rings. The molecule has 0 amide bonds. The van der Waals surface area contributed by atoms with Crippen molar-refractivity contribution in [3.8, 4) is 11.1 Å². The smallest absolute Gasteiger partial charge is 0.350 e. The second kappa shape index (κ2) is 7.31. The van der Waals surface area contributed by atoms with Crippen LogP contribution in [-0.2, 0) is 14.8 Å². The molecule has 1 aromatic heterocycles. The van der Waals surface area contributed by atoms with Crippen molar-refractivity contribution < 1.29 is 17.9 Å². The Labute approximate surface area is 156 Å². The summed E-state index contributed by atoms with van der Waals surface area (Å²) in [5.41, 5.74) is 3.05. The SMILES string of the molecule is COC(=O)c1sccc1NS(=O)(=O)c1cccc(-c2ccccc2C)c1. The molecule has 3 rings (SSSR count). The minimum absolute atomic E-state index is 0.125. The van der Waals surface area contributed by atoms with Crippen LogP contribution in [0.1, 0.15) is 15.2 Å². The van der Waals surface area contributed by atoms with Gasteiger partial charge in [-0.15, -0.1) is 11.3 Å². The van der Waals surface area contributed by atoms with Crippen molar-refractivity contribution in [2.75, 3.05) is 11.8 Å². The Hall–Kier alpha value is -2.64. The molecule has 0 unspecified atom stereocenters. The third-order valence-corrected chi connectivity index (χ3v) is 6.14. The van der Waals surface area contributed by atoms with Crippen LogP contribution in [0, 0.1) is 6.92 Å². The van der Waals surface area contributed by atoms with E-state index in [-0.39, 0.29) is 15.5 Å². The fourth-order valence-electron chi connectivity index (χ4n) is 2.57. The van der Waals surface area contributed by atoms with Crippen molar-refractivity contribution in [2.24, 2.45) is 0 Å². The van der Waals surface area contributed by atoms with Crippen LogP contribution in [-0.4, -0.2) is 21.5 Å². The standard InChI is InChI=1S/C19H17NO4S2/c1-13-6-3-4-9-16(13)14-7-5-8-15(12-14)26(22,23)20-17-10-11-25-18(17)19(21)24-2/h3-12,20H,1-2H3. The van der Waals surface area contributed by atoms with Crippen molar-refractivity contribution in [1.82, 2.24) is 0 Å². The van der Waals surface area contributed by atoms with Gasteiger partial charge in [-0.2, -0.15) is 0 Å². The number of rotatable bonds is 5. The van der Waals surface area contributed by atoms with Crippen molar-refractivity contribution in [2.45, 2.75) is 11.8 Å². The predicted octanol–water partition coefficient (Wildman–Crippen LogP) is 4.31. The second-order valence-electron chi connectivity index (χ2n) is 5.60. The van der Waals surface area contributed by atoms with Gasteiger partial charge in [0.15, 0.2) is 0 Å². The first-order valence-electron chi connectivity index (χ1n) is 7.77. The number of carbonyl (C=O) groups is 1. The van der Waals surface area contributed by atoms with E-state index in [1.54, 1.807) is 23.6 Å². The van der Waals surface area contributed by atoms with Gasteiger partial charge in [-0.25, -0.2) is 13.2 Å². The third kappa shape index (κ3) is 3.63. The van der Waals surface area contributed by atoms with Crippen molar-refractivity contribution in [3.05, 3.63) is 70.4 Å². The Balaban J connectivity index is 1.96. The molecule has 0 atom stereocenters. The summed E-state index contributed by atoms with van der Waals surface area (Å²) in [5, 5.41) is 1.63. The summed E-state index contributed by atoms with van der Waals surface area (Å²) < 4.78 is 32.7. The first-order valence-corrected chi connectivity index (χ1v) is 10.1. The Kier molecular flexibility index (Phi) is 5.11. The molecule has 0 saturated heterocycles. The number of ether oxygens (including phenoxy) is 1. The molecule has 0 aliphatic carbocycles. The molecule has 0 saturated carbocycles. The molecule has 2 aromatic carbocycles. The number of nitrogens with one attached hydrogen (secondary N) is 1. The molecule has 1 heterocycles. The molecule has 0 spiro atoms. The number of aryl methyl sites for hydroxylation is 1. The van der Waals surface area contributed by atoms with Crippen LogP contribution in [0.15, 0.2) is 64.9 Å². The summed E-state index contributed by atoms with van der Waals surface area (Å²) >= 11 is 1.12. The maximum absolute atomic E-state index is 12.8. The zero-order valence-corrected chi connectivity index (χ0v) is 15.9. The van der Waals surface area contributed by atoms with Crippen molar-refractivity contribution >= 4 is 33.0 Å². The average Bonchev–Trinajstić information content (AvgIpc) is 3.09. The highest BCUT2D eigenvalue weighted by Gasteiger charge is 2.21. The van der Waals surface area contributed by atoms with E-state index in [4.69, 9.17) is 0 Å². The lowest BCUT2D eigenvalue weighted by Crippen LogP contribution is -2.14. The summed E-state index contributed by atoms with van der Waals surface area (Å²) in [6, 6.07) is 16.0. The summed E-state index contributed by atoms with van der Waals surface area (Å²) in [5.74, 6) is -0.577. The number of anilines is 1. The first-order chi connectivity index (χ1) is 12.4. The summed E-state index contributed by atoms with van der Waals surface area (Å²) in [6.07, 6.45) is 0. The molecule has 3 aromatic rings.